The van der Waals surface area contributed by atoms with Crippen LogP contribution in [0.5, 0.6) is 0 Å². The third kappa shape index (κ3) is 8.48. The van der Waals surface area contributed by atoms with Gasteiger partial charge in [0.05, 0.1) is 29.3 Å². The first-order valence-electron chi connectivity index (χ1n) is 16.5. The van der Waals surface area contributed by atoms with Crippen LogP contribution >= 0.6 is 0 Å². The molecule has 2 aliphatic heterocycles. The highest BCUT2D eigenvalue weighted by molar-refractivity contribution is 5.95. The van der Waals surface area contributed by atoms with E-state index in [0.29, 0.717) is 38.1 Å². The van der Waals surface area contributed by atoms with E-state index in [4.69, 9.17) is 0 Å². The Hall–Kier alpha value is -4.39. The molecule has 0 aliphatic carbocycles. The minimum atomic E-state index is -5.10. The van der Waals surface area contributed by atoms with E-state index in [1.54, 1.807) is 4.90 Å². The molecule has 5 rings (SSSR count). The van der Waals surface area contributed by atoms with E-state index in [2.05, 4.69) is 5.32 Å². The number of carbonyl (C=O) groups excluding carboxylic acids is 3. The summed E-state index contributed by atoms with van der Waals surface area (Å²) in [5.74, 6) is -1.32. The van der Waals surface area contributed by atoms with Crippen LogP contribution in [0.3, 0.4) is 0 Å². The normalized spacial score (nSPS) is 18.5. The van der Waals surface area contributed by atoms with Crippen LogP contribution in [-0.2, 0) is 33.9 Å². The minimum Gasteiger partial charge on any atom is -0.347 e. The number of piperidine rings is 1. The number of nitrogens with one attached hydrogen (secondary N) is 1. The molecular formula is C37H40F6N4O3. The fraction of sp³-hybridized carbons (Fsp3) is 0.432. The van der Waals surface area contributed by atoms with Gasteiger partial charge in [0.1, 0.15) is 0 Å². The van der Waals surface area contributed by atoms with Crippen molar-refractivity contribution in [1.29, 1.82) is 0 Å². The van der Waals surface area contributed by atoms with Gasteiger partial charge in [-0.05, 0) is 73.6 Å². The molecule has 0 bridgehead atoms. The Bertz CT molecular complexity index is 1690. The highest BCUT2D eigenvalue weighted by Gasteiger charge is 2.41. The maximum absolute atomic E-state index is 13.8. The molecule has 0 radical (unpaired) electrons. The van der Waals surface area contributed by atoms with Gasteiger partial charge in [-0.1, -0.05) is 48.5 Å². The molecule has 1 atom stereocenters. The number of likely N-dealkylation sites (tertiary alicyclic amines) is 1. The molecule has 3 amide bonds. The summed E-state index contributed by atoms with van der Waals surface area (Å²) in [6.07, 6.45) is -8.80. The molecule has 2 heterocycles. The molecule has 2 fully saturated rings. The quantitative estimate of drug-likeness (QED) is 0.291. The van der Waals surface area contributed by atoms with E-state index in [1.807, 2.05) is 67.3 Å². The summed E-state index contributed by atoms with van der Waals surface area (Å²) in [7, 11) is 0. The van der Waals surface area contributed by atoms with Gasteiger partial charge in [0.25, 0.3) is 5.91 Å². The van der Waals surface area contributed by atoms with E-state index in [-0.39, 0.29) is 50.5 Å². The Morgan fingerprint density at radius 1 is 0.800 bits per heavy atom. The lowest BCUT2D eigenvalue weighted by molar-refractivity contribution is -0.143. The van der Waals surface area contributed by atoms with Crippen molar-refractivity contribution in [1.82, 2.24) is 20.0 Å². The lowest BCUT2D eigenvalue weighted by Gasteiger charge is -2.44. The maximum Gasteiger partial charge on any atom is 0.416 e. The first-order chi connectivity index (χ1) is 23.4. The number of alkyl halides is 6. The molecule has 0 spiro atoms. The molecule has 268 valence electrons. The van der Waals surface area contributed by atoms with E-state index in [0.717, 1.165) is 22.3 Å². The first-order valence-corrected chi connectivity index (χ1v) is 16.5. The van der Waals surface area contributed by atoms with Gasteiger partial charge in [0.15, 0.2) is 0 Å². The highest BCUT2D eigenvalue weighted by atomic mass is 19.4. The number of hydrogen-bond donors (Lipinski definition) is 1. The van der Waals surface area contributed by atoms with Crippen LogP contribution < -0.4 is 5.32 Å². The molecule has 0 saturated carbocycles. The average molecular weight is 703 g/mol. The SMILES string of the molecule is CC(=O)NC1(c2ccccc2)CCN(CC(=O)N2CCN(C(=O)c3cc(C(F)(F)F)cc(C(F)(F)F)c3)[C@H](Cc3ccc(C)c(C)c3)C2)CC1. The zero-order valence-electron chi connectivity index (χ0n) is 28.1. The zero-order valence-corrected chi connectivity index (χ0v) is 28.1. The minimum absolute atomic E-state index is 0.000609. The number of carbonyl (C=O) groups is 3. The van der Waals surface area contributed by atoms with Gasteiger partial charge in [-0.15, -0.1) is 0 Å². The molecule has 7 nitrogen and oxygen atoms in total. The largest absolute Gasteiger partial charge is 0.416 e. The van der Waals surface area contributed by atoms with E-state index in [9.17, 15) is 40.7 Å². The van der Waals surface area contributed by atoms with Crippen LogP contribution in [0.1, 0.15) is 63.5 Å². The molecule has 1 N–H and O–H groups in total. The van der Waals surface area contributed by atoms with Gasteiger partial charge in [0, 0.05) is 45.2 Å². The van der Waals surface area contributed by atoms with E-state index < -0.39 is 46.5 Å². The summed E-state index contributed by atoms with van der Waals surface area (Å²) < 4.78 is 81.8. The standard InChI is InChI=1S/C37H40F6N4O3/c1-24-9-10-27(17-25(24)2)18-32-22-46(15-16-47(32)34(50)28-19-30(36(38,39)40)21-31(20-28)37(41,42)43)33(49)23-45-13-11-35(12-14-45,44-26(3)48)29-7-5-4-6-8-29/h4-10,17,19-21,32H,11-16,18,22-23H2,1-3H3,(H,44,48)/t32-/m1/s1. The van der Waals surface area contributed by atoms with Crippen LogP contribution in [0, 0.1) is 13.8 Å². The number of hydrogen-bond acceptors (Lipinski definition) is 4. The fourth-order valence-electron chi connectivity index (χ4n) is 6.93. The summed E-state index contributed by atoms with van der Waals surface area (Å²) in [6.45, 7) is 6.50. The fourth-order valence-corrected chi connectivity index (χ4v) is 6.93. The maximum atomic E-state index is 13.8. The molecule has 3 aromatic carbocycles. The molecule has 0 aromatic heterocycles. The van der Waals surface area contributed by atoms with Crippen LogP contribution in [0.25, 0.3) is 0 Å². The second-order valence-electron chi connectivity index (χ2n) is 13.3. The molecule has 2 saturated heterocycles. The highest BCUT2D eigenvalue weighted by Crippen LogP contribution is 2.37. The molecule has 3 aromatic rings. The summed E-state index contributed by atoms with van der Waals surface area (Å²) in [6, 6.07) is 15.5. The van der Waals surface area contributed by atoms with Gasteiger partial charge in [-0.3, -0.25) is 19.3 Å². The Labute approximate surface area is 287 Å². The summed E-state index contributed by atoms with van der Waals surface area (Å²) in [5, 5.41) is 3.11. The molecule has 13 heteroatoms. The van der Waals surface area contributed by atoms with Gasteiger partial charge >= 0.3 is 12.4 Å². The lowest BCUT2D eigenvalue weighted by atomic mass is 9.80. The van der Waals surface area contributed by atoms with Crippen LogP contribution in [0.2, 0.25) is 0 Å². The van der Waals surface area contributed by atoms with Gasteiger partial charge in [0.2, 0.25) is 11.8 Å². The second-order valence-corrected chi connectivity index (χ2v) is 13.3. The van der Waals surface area contributed by atoms with Crippen molar-refractivity contribution in [2.24, 2.45) is 0 Å². The van der Waals surface area contributed by atoms with Crippen molar-refractivity contribution in [3.05, 3.63) is 106 Å². The number of amides is 3. The molecular weight excluding hydrogens is 662 g/mol. The summed E-state index contributed by atoms with van der Waals surface area (Å²) >= 11 is 0. The topological polar surface area (TPSA) is 73.0 Å². The van der Waals surface area contributed by atoms with Crippen molar-refractivity contribution in [3.63, 3.8) is 0 Å². The van der Waals surface area contributed by atoms with Crippen molar-refractivity contribution in [2.75, 3.05) is 39.3 Å². The molecule has 0 unspecified atom stereocenters. The Morgan fingerprint density at radius 2 is 1.42 bits per heavy atom. The molecule has 50 heavy (non-hydrogen) atoms. The van der Waals surface area contributed by atoms with Gasteiger partial charge < -0.3 is 15.1 Å². The predicted molar refractivity (Wildman–Crippen MR) is 175 cm³/mol. The first kappa shape index (κ1) is 36.9. The number of piperazine rings is 1. The average Bonchev–Trinajstić information content (AvgIpc) is 3.06. The molecule has 2 aliphatic rings. The van der Waals surface area contributed by atoms with Crippen molar-refractivity contribution < 1.29 is 40.7 Å². The van der Waals surface area contributed by atoms with Crippen molar-refractivity contribution in [3.8, 4) is 0 Å². The number of rotatable bonds is 7. The van der Waals surface area contributed by atoms with Crippen LogP contribution in [-0.4, -0.2) is 77.7 Å². The van der Waals surface area contributed by atoms with E-state index in [1.165, 1.54) is 11.8 Å². The van der Waals surface area contributed by atoms with Crippen molar-refractivity contribution in [2.45, 2.75) is 64.0 Å². The summed E-state index contributed by atoms with van der Waals surface area (Å²) in [5.41, 5.74) is -0.597. The third-order valence-electron chi connectivity index (χ3n) is 9.78. The number of halogens is 6. The van der Waals surface area contributed by atoms with Gasteiger partial charge in [-0.2, -0.15) is 26.3 Å². The Balaban J connectivity index is 1.35. The monoisotopic (exact) mass is 702 g/mol. The lowest BCUT2D eigenvalue weighted by Crippen LogP contribution is -2.59. The number of aryl methyl sites for hydroxylation is 2. The number of nitrogens with zero attached hydrogens (tertiary/aromatic N) is 3. The van der Waals surface area contributed by atoms with Crippen LogP contribution in [0.15, 0.2) is 66.7 Å². The Morgan fingerprint density at radius 3 is 1.98 bits per heavy atom. The smallest absolute Gasteiger partial charge is 0.347 e. The summed E-state index contributed by atoms with van der Waals surface area (Å²) in [4.78, 5) is 44.5. The predicted octanol–water partition coefficient (Wildman–Crippen LogP) is 6.36. The Kier molecular flexibility index (Phi) is 10.7. The third-order valence-corrected chi connectivity index (χ3v) is 9.78. The van der Waals surface area contributed by atoms with Crippen molar-refractivity contribution >= 4 is 17.7 Å². The zero-order chi connectivity index (χ0) is 36.4. The second kappa shape index (κ2) is 14.5. The number of benzene rings is 3. The van der Waals surface area contributed by atoms with Crippen LogP contribution in [0.4, 0.5) is 26.3 Å². The van der Waals surface area contributed by atoms with E-state index >= 15 is 0 Å². The van der Waals surface area contributed by atoms with Gasteiger partial charge in [-0.25, -0.2) is 0 Å².